The topological polar surface area (TPSA) is 91.2 Å². The number of aromatic nitrogens is 2. The Morgan fingerprint density at radius 3 is 2.62 bits per heavy atom. The molecule has 8 nitrogen and oxygen atoms in total. The molecule has 0 radical (unpaired) electrons. The van der Waals surface area contributed by atoms with Gasteiger partial charge in [-0.05, 0) is 50.6 Å². The van der Waals surface area contributed by atoms with Gasteiger partial charge in [-0.25, -0.2) is 9.78 Å². The number of nitrogens with one attached hydrogen (secondary N) is 1. The molecule has 0 aliphatic carbocycles. The predicted octanol–water partition coefficient (Wildman–Crippen LogP) is 4.96. The van der Waals surface area contributed by atoms with Crippen molar-refractivity contribution in [2.75, 3.05) is 25.1 Å². The van der Waals surface area contributed by atoms with Crippen LogP contribution in [0, 0.1) is 6.92 Å². The average Bonchev–Trinajstić information content (AvgIpc) is 3.41. The zero-order valence-corrected chi connectivity index (χ0v) is 20.0. The fourth-order valence-electron chi connectivity index (χ4n) is 3.49. The Bertz CT molecular complexity index is 1310. The van der Waals surface area contributed by atoms with Gasteiger partial charge in [0.15, 0.2) is 18.0 Å². The molecule has 0 saturated heterocycles. The van der Waals surface area contributed by atoms with Crippen molar-refractivity contribution >= 4 is 33.9 Å². The Balaban J connectivity index is 1.53. The van der Waals surface area contributed by atoms with Gasteiger partial charge in [0, 0.05) is 23.3 Å². The molecule has 1 aromatic carbocycles. The number of carbonyl (C=O) groups excluding carboxylic acids is 2. The molecule has 0 aliphatic rings. The van der Waals surface area contributed by atoms with Gasteiger partial charge in [-0.15, -0.1) is 11.3 Å². The predicted molar refractivity (Wildman–Crippen MR) is 131 cm³/mol. The molecule has 9 heteroatoms. The van der Waals surface area contributed by atoms with Crippen LogP contribution in [0.2, 0.25) is 0 Å². The zero-order valence-electron chi connectivity index (χ0n) is 19.2. The third kappa shape index (κ3) is 5.04. The Labute approximate surface area is 201 Å². The maximum Gasteiger partial charge on any atom is 0.341 e. The summed E-state index contributed by atoms with van der Waals surface area (Å²) in [6, 6.07) is 11.0. The minimum absolute atomic E-state index is 0.224. The number of benzene rings is 1. The lowest BCUT2D eigenvalue weighted by molar-refractivity contribution is -0.118. The Morgan fingerprint density at radius 2 is 1.88 bits per heavy atom. The number of pyridine rings is 1. The molecular weight excluding hydrogens is 454 g/mol. The summed E-state index contributed by atoms with van der Waals surface area (Å²) in [7, 11) is 0. The first-order valence-electron chi connectivity index (χ1n) is 10.9. The molecule has 0 spiro atoms. The van der Waals surface area contributed by atoms with Crippen LogP contribution >= 0.6 is 11.3 Å². The third-order valence-corrected chi connectivity index (χ3v) is 5.82. The number of carbonyl (C=O) groups is 2. The molecule has 1 N–H and O–H groups in total. The summed E-state index contributed by atoms with van der Waals surface area (Å²) in [6.45, 7) is 6.11. The summed E-state index contributed by atoms with van der Waals surface area (Å²) < 4.78 is 18.3. The standard InChI is InChI=1S/C25H25N3O5S/c1-4-31-18-10-8-17(9-11-18)19-15-34-24(22(19)25(30)32-5-2)27-21(29)14-33-20-7-6-12-28-13-16(3)26-23(20)28/h6-13,15H,4-5,14H2,1-3H3,(H,27,29). The number of imidazole rings is 1. The highest BCUT2D eigenvalue weighted by atomic mass is 32.1. The molecule has 0 unspecified atom stereocenters. The molecule has 3 heterocycles. The quantitative estimate of drug-likeness (QED) is 0.341. The Hall–Kier alpha value is -3.85. The van der Waals surface area contributed by atoms with Crippen molar-refractivity contribution in [1.29, 1.82) is 0 Å². The first-order chi connectivity index (χ1) is 16.5. The summed E-state index contributed by atoms with van der Waals surface area (Å²) >= 11 is 1.26. The Morgan fingerprint density at radius 1 is 1.09 bits per heavy atom. The van der Waals surface area contributed by atoms with E-state index in [1.165, 1.54) is 11.3 Å². The second-order valence-corrected chi connectivity index (χ2v) is 8.23. The molecule has 3 aromatic heterocycles. The summed E-state index contributed by atoms with van der Waals surface area (Å²) in [5.41, 5.74) is 3.30. The van der Waals surface area contributed by atoms with Crippen molar-refractivity contribution in [3.8, 4) is 22.6 Å². The van der Waals surface area contributed by atoms with E-state index in [0.29, 0.717) is 34.1 Å². The van der Waals surface area contributed by atoms with Gasteiger partial charge >= 0.3 is 5.97 Å². The van der Waals surface area contributed by atoms with Gasteiger partial charge in [-0.2, -0.15) is 0 Å². The Kier molecular flexibility index (Phi) is 7.12. The van der Waals surface area contributed by atoms with Crippen LogP contribution in [-0.2, 0) is 9.53 Å². The molecule has 0 aliphatic heterocycles. The lowest BCUT2D eigenvalue weighted by Crippen LogP contribution is -2.21. The molecule has 0 bridgehead atoms. The fraction of sp³-hybridized carbons (Fsp3) is 0.240. The van der Waals surface area contributed by atoms with Gasteiger partial charge in [0.05, 0.1) is 18.9 Å². The summed E-state index contributed by atoms with van der Waals surface area (Å²) in [5.74, 6) is 0.350. The van der Waals surface area contributed by atoms with Crippen molar-refractivity contribution in [2.45, 2.75) is 20.8 Å². The van der Waals surface area contributed by atoms with Crippen LogP contribution < -0.4 is 14.8 Å². The van der Waals surface area contributed by atoms with Crippen molar-refractivity contribution in [2.24, 2.45) is 0 Å². The largest absolute Gasteiger partial charge is 0.494 e. The van der Waals surface area contributed by atoms with Crippen LogP contribution in [-0.4, -0.2) is 41.1 Å². The molecule has 34 heavy (non-hydrogen) atoms. The van der Waals surface area contributed by atoms with E-state index in [4.69, 9.17) is 14.2 Å². The van der Waals surface area contributed by atoms with E-state index in [0.717, 1.165) is 17.0 Å². The SMILES string of the molecule is CCOC(=O)c1c(-c2ccc(OCC)cc2)csc1NC(=O)COc1cccn2cc(C)nc12. The second-order valence-electron chi connectivity index (χ2n) is 7.35. The molecule has 1 amide bonds. The normalized spacial score (nSPS) is 10.8. The summed E-state index contributed by atoms with van der Waals surface area (Å²) in [4.78, 5) is 29.9. The third-order valence-electron chi connectivity index (χ3n) is 4.93. The summed E-state index contributed by atoms with van der Waals surface area (Å²) in [5, 5.41) is 5.03. The van der Waals surface area contributed by atoms with Gasteiger partial charge in [0.1, 0.15) is 16.3 Å². The van der Waals surface area contributed by atoms with Crippen molar-refractivity contribution < 1.29 is 23.8 Å². The second kappa shape index (κ2) is 10.4. The highest BCUT2D eigenvalue weighted by Gasteiger charge is 2.23. The van der Waals surface area contributed by atoms with Crippen LogP contribution in [0.3, 0.4) is 0 Å². The van der Waals surface area contributed by atoms with Gasteiger partial charge in [0.25, 0.3) is 5.91 Å². The van der Waals surface area contributed by atoms with Gasteiger partial charge < -0.3 is 23.9 Å². The number of aryl methyl sites for hydroxylation is 1. The first-order valence-corrected chi connectivity index (χ1v) is 11.8. The molecule has 0 atom stereocenters. The van der Waals surface area contributed by atoms with Crippen LogP contribution in [0.15, 0.2) is 54.2 Å². The van der Waals surface area contributed by atoms with Gasteiger partial charge in [-0.3, -0.25) is 4.79 Å². The summed E-state index contributed by atoms with van der Waals surface area (Å²) in [6.07, 6.45) is 3.74. The number of rotatable bonds is 9. The zero-order chi connectivity index (χ0) is 24.1. The number of hydrogen-bond donors (Lipinski definition) is 1. The number of ether oxygens (including phenoxy) is 3. The van der Waals surface area contributed by atoms with E-state index < -0.39 is 11.9 Å². The fourth-order valence-corrected chi connectivity index (χ4v) is 4.47. The van der Waals surface area contributed by atoms with Crippen LogP contribution in [0.5, 0.6) is 11.5 Å². The minimum Gasteiger partial charge on any atom is -0.494 e. The molecule has 0 saturated carbocycles. The minimum atomic E-state index is -0.499. The van der Waals surface area contributed by atoms with E-state index >= 15 is 0 Å². The number of nitrogens with zero attached hydrogens (tertiary/aromatic N) is 2. The highest BCUT2D eigenvalue weighted by Crippen LogP contribution is 2.37. The highest BCUT2D eigenvalue weighted by molar-refractivity contribution is 7.15. The van der Waals surface area contributed by atoms with E-state index in [1.54, 1.807) is 13.0 Å². The van der Waals surface area contributed by atoms with Crippen LogP contribution in [0.4, 0.5) is 5.00 Å². The number of fused-ring (bicyclic) bond motifs is 1. The van der Waals surface area contributed by atoms with Crippen LogP contribution in [0.1, 0.15) is 29.9 Å². The molecule has 0 fully saturated rings. The average molecular weight is 480 g/mol. The van der Waals surface area contributed by atoms with Crippen molar-refractivity contribution in [3.05, 3.63) is 65.4 Å². The number of hydrogen-bond acceptors (Lipinski definition) is 7. The molecule has 4 aromatic rings. The number of thiophene rings is 1. The van der Waals surface area contributed by atoms with Crippen molar-refractivity contribution in [1.82, 2.24) is 9.38 Å². The van der Waals surface area contributed by atoms with E-state index in [9.17, 15) is 9.59 Å². The molecule has 4 rings (SSSR count). The number of amides is 1. The number of anilines is 1. The maximum atomic E-state index is 12.8. The monoisotopic (exact) mass is 479 g/mol. The van der Waals surface area contributed by atoms with Crippen LogP contribution in [0.25, 0.3) is 16.8 Å². The van der Waals surface area contributed by atoms with E-state index in [1.807, 2.05) is 66.4 Å². The molecule has 176 valence electrons. The van der Waals surface area contributed by atoms with E-state index in [-0.39, 0.29) is 13.2 Å². The lowest BCUT2D eigenvalue weighted by atomic mass is 10.0. The lowest BCUT2D eigenvalue weighted by Gasteiger charge is -2.10. The van der Waals surface area contributed by atoms with E-state index in [2.05, 4.69) is 10.3 Å². The van der Waals surface area contributed by atoms with Gasteiger partial charge in [-0.1, -0.05) is 12.1 Å². The van der Waals surface area contributed by atoms with Gasteiger partial charge in [0.2, 0.25) is 0 Å². The molecular formula is C25H25N3O5S. The smallest absolute Gasteiger partial charge is 0.341 e. The first kappa shape index (κ1) is 23.3. The van der Waals surface area contributed by atoms with Crippen molar-refractivity contribution in [3.63, 3.8) is 0 Å². The number of esters is 1. The maximum absolute atomic E-state index is 12.8.